The van der Waals surface area contributed by atoms with E-state index in [-0.39, 0.29) is 12.7 Å². The molecule has 2 unspecified atom stereocenters. The number of unbranched alkanes of at least 4 members (excludes halogenated alkanes) is 4. The lowest BCUT2D eigenvalue weighted by atomic mass is 9.98. The number of hydrogen-bond donors (Lipinski definition) is 4. The molecule has 0 amide bonds. The molecular weight excluding hydrogens is 244 g/mol. The molecule has 0 aliphatic carbocycles. The van der Waals surface area contributed by atoms with Gasteiger partial charge in [0.25, 0.3) is 0 Å². The summed E-state index contributed by atoms with van der Waals surface area (Å²) >= 11 is 0. The van der Waals surface area contributed by atoms with E-state index in [0.29, 0.717) is 12.3 Å². The lowest BCUT2D eigenvalue weighted by Crippen LogP contribution is -2.10. The topological polar surface area (TPSA) is 80.9 Å². The van der Waals surface area contributed by atoms with Crippen LogP contribution in [0.5, 0.6) is 0 Å². The quantitative estimate of drug-likeness (QED) is 0.307. The molecule has 0 heterocycles. The Kier molecular flexibility index (Phi) is 12.7. The van der Waals surface area contributed by atoms with Gasteiger partial charge in [0.1, 0.15) is 0 Å². The summed E-state index contributed by atoms with van der Waals surface area (Å²) in [6.45, 7) is 2.26. The molecule has 0 saturated carbocycles. The molecule has 2 atom stereocenters. The van der Waals surface area contributed by atoms with E-state index in [9.17, 15) is 5.11 Å². The molecule has 19 heavy (non-hydrogen) atoms. The second-order valence-electron chi connectivity index (χ2n) is 5.69. The second kappa shape index (κ2) is 12.9. The van der Waals surface area contributed by atoms with Gasteiger partial charge in [-0.05, 0) is 31.6 Å². The minimum Gasteiger partial charge on any atom is -0.396 e. The van der Waals surface area contributed by atoms with E-state index >= 15 is 0 Å². The Morgan fingerprint density at radius 1 is 0.737 bits per heavy atom. The highest BCUT2D eigenvalue weighted by molar-refractivity contribution is 4.58. The average Bonchev–Trinajstić information content (AvgIpc) is 2.33. The van der Waals surface area contributed by atoms with Gasteiger partial charge < -0.3 is 20.4 Å². The molecule has 0 aliphatic rings. The van der Waals surface area contributed by atoms with E-state index in [1.807, 2.05) is 6.92 Å². The summed E-state index contributed by atoms with van der Waals surface area (Å²) < 4.78 is 0. The van der Waals surface area contributed by atoms with Crippen LogP contribution in [0, 0.1) is 5.92 Å². The molecule has 0 saturated heterocycles. The minimum absolute atomic E-state index is 0.213. The van der Waals surface area contributed by atoms with Crippen LogP contribution in [0.3, 0.4) is 0 Å². The Morgan fingerprint density at radius 3 is 1.79 bits per heavy atom. The van der Waals surface area contributed by atoms with Crippen molar-refractivity contribution in [3.8, 4) is 0 Å². The predicted molar refractivity (Wildman–Crippen MR) is 76.7 cm³/mol. The third-order valence-corrected chi connectivity index (χ3v) is 3.54. The first-order valence-electron chi connectivity index (χ1n) is 7.71. The third kappa shape index (κ3) is 14.1. The molecule has 0 bridgehead atoms. The van der Waals surface area contributed by atoms with Gasteiger partial charge in [-0.3, -0.25) is 0 Å². The molecular formula is C15H32O4. The highest BCUT2D eigenvalue weighted by Gasteiger charge is 2.07. The SMILES string of the molecule is CC(CCCCCCC(O)CCCCO)CC(O)O. The van der Waals surface area contributed by atoms with E-state index in [2.05, 4.69) is 0 Å². The molecule has 0 spiro atoms. The third-order valence-electron chi connectivity index (χ3n) is 3.54. The van der Waals surface area contributed by atoms with Crippen molar-refractivity contribution in [2.75, 3.05) is 6.61 Å². The zero-order valence-corrected chi connectivity index (χ0v) is 12.3. The highest BCUT2D eigenvalue weighted by atomic mass is 16.5. The van der Waals surface area contributed by atoms with Crippen molar-refractivity contribution in [1.82, 2.24) is 0 Å². The van der Waals surface area contributed by atoms with Crippen LogP contribution >= 0.6 is 0 Å². The predicted octanol–water partition coefficient (Wildman–Crippen LogP) is 2.19. The van der Waals surface area contributed by atoms with Crippen LogP contribution in [-0.4, -0.2) is 39.4 Å². The van der Waals surface area contributed by atoms with Crippen LogP contribution in [-0.2, 0) is 0 Å². The van der Waals surface area contributed by atoms with Gasteiger partial charge >= 0.3 is 0 Å². The van der Waals surface area contributed by atoms with Gasteiger partial charge in [0.15, 0.2) is 6.29 Å². The molecule has 0 aromatic rings. The monoisotopic (exact) mass is 276 g/mol. The summed E-state index contributed by atoms with van der Waals surface area (Å²) in [4.78, 5) is 0. The number of aliphatic hydroxyl groups is 4. The molecule has 4 N–H and O–H groups in total. The van der Waals surface area contributed by atoms with Gasteiger partial charge in [0, 0.05) is 13.0 Å². The van der Waals surface area contributed by atoms with Crippen LogP contribution in [0.2, 0.25) is 0 Å². The normalized spacial score (nSPS) is 14.8. The van der Waals surface area contributed by atoms with E-state index in [4.69, 9.17) is 15.3 Å². The number of rotatable bonds is 13. The van der Waals surface area contributed by atoms with Crippen molar-refractivity contribution in [3.05, 3.63) is 0 Å². The Morgan fingerprint density at radius 2 is 1.26 bits per heavy atom. The lowest BCUT2D eigenvalue weighted by molar-refractivity contribution is -0.0552. The van der Waals surface area contributed by atoms with Gasteiger partial charge in [-0.15, -0.1) is 0 Å². The van der Waals surface area contributed by atoms with Crippen molar-refractivity contribution >= 4 is 0 Å². The smallest absolute Gasteiger partial charge is 0.151 e. The zero-order chi connectivity index (χ0) is 14.5. The molecule has 0 aromatic carbocycles. The van der Waals surface area contributed by atoms with Crippen LogP contribution < -0.4 is 0 Å². The van der Waals surface area contributed by atoms with Crippen LogP contribution in [0.15, 0.2) is 0 Å². The van der Waals surface area contributed by atoms with Gasteiger partial charge in [-0.25, -0.2) is 0 Å². The standard InChI is InChI=1S/C15H32O4/c1-13(12-15(18)19)8-4-2-3-5-9-14(17)10-6-7-11-16/h13-19H,2-12H2,1H3. The summed E-state index contributed by atoms with van der Waals surface area (Å²) in [6.07, 6.45) is 7.90. The molecule has 0 rings (SSSR count). The maximum Gasteiger partial charge on any atom is 0.151 e. The zero-order valence-electron chi connectivity index (χ0n) is 12.3. The van der Waals surface area contributed by atoms with E-state index < -0.39 is 6.29 Å². The van der Waals surface area contributed by atoms with Crippen LogP contribution in [0.4, 0.5) is 0 Å². The number of aliphatic hydroxyl groups excluding tert-OH is 3. The van der Waals surface area contributed by atoms with Crippen molar-refractivity contribution < 1.29 is 20.4 Å². The first-order chi connectivity index (χ1) is 9.06. The van der Waals surface area contributed by atoms with Gasteiger partial charge in [0.05, 0.1) is 6.10 Å². The Balaban J connectivity index is 3.26. The Labute approximate surface area is 117 Å². The van der Waals surface area contributed by atoms with Gasteiger partial charge in [0.2, 0.25) is 0 Å². The van der Waals surface area contributed by atoms with Gasteiger partial charge in [-0.2, -0.15) is 0 Å². The fourth-order valence-corrected chi connectivity index (χ4v) is 2.34. The fourth-order valence-electron chi connectivity index (χ4n) is 2.34. The van der Waals surface area contributed by atoms with Crippen LogP contribution in [0.25, 0.3) is 0 Å². The second-order valence-corrected chi connectivity index (χ2v) is 5.69. The summed E-state index contributed by atoms with van der Waals surface area (Å²) in [7, 11) is 0. The van der Waals surface area contributed by atoms with Crippen LogP contribution in [0.1, 0.15) is 71.1 Å². The Hall–Kier alpha value is -0.160. The largest absolute Gasteiger partial charge is 0.396 e. The molecule has 0 aromatic heterocycles. The van der Waals surface area contributed by atoms with E-state index in [0.717, 1.165) is 57.8 Å². The summed E-state index contributed by atoms with van der Waals surface area (Å²) in [5.41, 5.74) is 0. The minimum atomic E-state index is -1.18. The van der Waals surface area contributed by atoms with E-state index in [1.165, 1.54) is 0 Å². The maximum atomic E-state index is 9.68. The molecule has 4 nitrogen and oxygen atoms in total. The molecule has 116 valence electrons. The molecule has 4 heteroatoms. The van der Waals surface area contributed by atoms with Gasteiger partial charge in [-0.1, -0.05) is 39.0 Å². The fraction of sp³-hybridized carbons (Fsp3) is 1.00. The molecule has 0 radical (unpaired) electrons. The van der Waals surface area contributed by atoms with E-state index in [1.54, 1.807) is 0 Å². The molecule has 0 aliphatic heterocycles. The Bertz CT molecular complexity index is 185. The van der Waals surface area contributed by atoms with Crippen molar-refractivity contribution in [2.24, 2.45) is 5.92 Å². The summed E-state index contributed by atoms with van der Waals surface area (Å²) in [5.74, 6) is 0.365. The lowest BCUT2D eigenvalue weighted by Gasteiger charge is -2.12. The van der Waals surface area contributed by atoms with Crippen molar-refractivity contribution in [2.45, 2.75) is 83.5 Å². The first-order valence-corrected chi connectivity index (χ1v) is 7.71. The summed E-state index contributed by atoms with van der Waals surface area (Å²) in [6, 6.07) is 0. The van der Waals surface area contributed by atoms with Crippen molar-refractivity contribution in [1.29, 1.82) is 0 Å². The highest BCUT2D eigenvalue weighted by Crippen LogP contribution is 2.16. The van der Waals surface area contributed by atoms with Crippen molar-refractivity contribution in [3.63, 3.8) is 0 Å². The first kappa shape index (κ1) is 18.8. The average molecular weight is 276 g/mol. The molecule has 0 fully saturated rings. The maximum absolute atomic E-state index is 9.68. The number of hydrogen-bond acceptors (Lipinski definition) is 4. The summed E-state index contributed by atoms with van der Waals surface area (Å²) in [5, 5.41) is 36.0.